The Bertz CT molecular complexity index is 395. The second-order valence-corrected chi connectivity index (χ2v) is 7.87. The van der Waals surface area contributed by atoms with Crippen molar-refractivity contribution in [2.24, 2.45) is 5.92 Å². The Kier molecular flexibility index (Phi) is 7.47. The molecule has 1 aliphatic rings. The van der Waals surface area contributed by atoms with Gasteiger partial charge in [0.2, 0.25) is 5.91 Å². The molecule has 1 rings (SSSR count). The standard InChI is InChI=1S/C13H26N2O4S/c1-11(2)9-19-6-3-4-15-13(16)8-12-10-20(17,18)7-5-14-12/h11-12,14H,3-10H2,1-2H3,(H,15,16). The molecule has 1 heterocycles. The van der Waals surface area contributed by atoms with Gasteiger partial charge in [0.05, 0.1) is 11.5 Å². The Hall–Kier alpha value is -0.660. The van der Waals surface area contributed by atoms with E-state index in [0.29, 0.717) is 25.6 Å². The van der Waals surface area contributed by atoms with Crippen LogP contribution in [0, 0.1) is 5.92 Å². The van der Waals surface area contributed by atoms with E-state index >= 15 is 0 Å². The van der Waals surface area contributed by atoms with Crippen LogP contribution in [-0.2, 0) is 19.4 Å². The Labute approximate surface area is 121 Å². The van der Waals surface area contributed by atoms with Crippen LogP contribution >= 0.6 is 0 Å². The second kappa shape index (κ2) is 8.59. The van der Waals surface area contributed by atoms with E-state index in [1.54, 1.807) is 0 Å². The summed E-state index contributed by atoms with van der Waals surface area (Å²) in [5.41, 5.74) is 0. The monoisotopic (exact) mass is 306 g/mol. The molecule has 6 nitrogen and oxygen atoms in total. The lowest BCUT2D eigenvalue weighted by molar-refractivity contribution is -0.121. The van der Waals surface area contributed by atoms with Crippen LogP contribution in [0.3, 0.4) is 0 Å². The van der Waals surface area contributed by atoms with Crippen molar-refractivity contribution in [3.8, 4) is 0 Å². The van der Waals surface area contributed by atoms with Crippen molar-refractivity contribution in [2.75, 3.05) is 37.8 Å². The normalized spacial score (nSPS) is 21.9. The average molecular weight is 306 g/mol. The molecule has 0 aromatic carbocycles. The summed E-state index contributed by atoms with van der Waals surface area (Å²) in [6.07, 6.45) is 0.987. The molecule has 2 N–H and O–H groups in total. The molecule has 0 radical (unpaired) electrons. The molecule has 1 amide bonds. The van der Waals surface area contributed by atoms with Crippen LogP contribution in [0.4, 0.5) is 0 Å². The maximum atomic E-state index is 11.7. The third kappa shape index (κ3) is 7.81. The number of amides is 1. The van der Waals surface area contributed by atoms with Crippen molar-refractivity contribution in [1.29, 1.82) is 0 Å². The van der Waals surface area contributed by atoms with Gasteiger partial charge in [0.25, 0.3) is 0 Å². The van der Waals surface area contributed by atoms with Gasteiger partial charge in [-0.3, -0.25) is 4.79 Å². The van der Waals surface area contributed by atoms with Crippen LogP contribution in [0.1, 0.15) is 26.7 Å². The van der Waals surface area contributed by atoms with Crippen LogP contribution in [0.15, 0.2) is 0 Å². The van der Waals surface area contributed by atoms with Crippen LogP contribution in [-0.4, -0.2) is 58.2 Å². The Morgan fingerprint density at radius 1 is 1.45 bits per heavy atom. The predicted molar refractivity (Wildman–Crippen MR) is 78.3 cm³/mol. The minimum Gasteiger partial charge on any atom is -0.381 e. The van der Waals surface area contributed by atoms with E-state index in [9.17, 15) is 13.2 Å². The highest BCUT2D eigenvalue weighted by molar-refractivity contribution is 7.91. The lowest BCUT2D eigenvalue weighted by atomic mass is 10.2. The van der Waals surface area contributed by atoms with Crippen LogP contribution in [0.25, 0.3) is 0 Å². The van der Waals surface area contributed by atoms with Crippen molar-refractivity contribution >= 4 is 15.7 Å². The first-order valence-electron chi connectivity index (χ1n) is 7.17. The van der Waals surface area contributed by atoms with Crippen LogP contribution in [0.2, 0.25) is 0 Å². The van der Waals surface area contributed by atoms with Crippen molar-refractivity contribution in [3.05, 3.63) is 0 Å². The summed E-state index contributed by atoms with van der Waals surface area (Å²) in [5, 5.41) is 5.86. The zero-order chi connectivity index (χ0) is 15.0. The van der Waals surface area contributed by atoms with Gasteiger partial charge >= 0.3 is 0 Å². The van der Waals surface area contributed by atoms with Gasteiger partial charge in [-0.05, 0) is 12.3 Å². The summed E-state index contributed by atoms with van der Waals surface area (Å²) >= 11 is 0. The fourth-order valence-electron chi connectivity index (χ4n) is 2.02. The summed E-state index contributed by atoms with van der Waals surface area (Å²) < 4.78 is 28.3. The zero-order valence-corrected chi connectivity index (χ0v) is 13.2. The molecule has 20 heavy (non-hydrogen) atoms. The van der Waals surface area contributed by atoms with Crippen molar-refractivity contribution < 1.29 is 17.9 Å². The zero-order valence-electron chi connectivity index (χ0n) is 12.4. The van der Waals surface area contributed by atoms with E-state index in [-0.39, 0.29) is 29.9 Å². The maximum absolute atomic E-state index is 11.7. The van der Waals surface area contributed by atoms with E-state index in [4.69, 9.17) is 4.74 Å². The minimum absolute atomic E-state index is 0.0535. The maximum Gasteiger partial charge on any atom is 0.221 e. The molecule has 0 spiro atoms. The molecular formula is C13H26N2O4S. The van der Waals surface area contributed by atoms with Crippen LogP contribution < -0.4 is 10.6 Å². The molecule has 0 bridgehead atoms. The summed E-state index contributed by atoms with van der Waals surface area (Å²) in [6.45, 7) is 6.55. The number of ether oxygens (including phenoxy) is 1. The average Bonchev–Trinajstić information content (AvgIpc) is 2.32. The van der Waals surface area contributed by atoms with E-state index in [0.717, 1.165) is 13.0 Å². The quantitative estimate of drug-likeness (QED) is 0.614. The van der Waals surface area contributed by atoms with Crippen molar-refractivity contribution in [2.45, 2.75) is 32.7 Å². The van der Waals surface area contributed by atoms with Gasteiger partial charge in [0.15, 0.2) is 9.84 Å². The molecule has 1 atom stereocenters. The topological polar surface area (TPSA) is 84.5 Å². The first-order chi connectivity index (χ1) is 9.39. The molecule has 7 heteroatoms. The molecule has 118 valence electrons. The number of hydrogen-bond donors (Lipinski definition) is 2. The predicted octanol–water partition coefficient (Wildman–Crippen LogP) is -0.0580. The lowest BCUT2D eigenvalue weighted by Crippen LogP contribution is -2.47. The number of nitrogens with one attached hydrogen (secondary N) is 2. The largest absolute Gasteiger partial charge is 0.381 e. The number of hydrogen-bond acceptors (Lipinski definition) is 5. The van der Waals surface area contributed by atoms with Crippen molar-refractivity contribution in [3.63, 3.8) is 0 Å². The minimum atomic E-state index is -2.98. The van der Waals surface area contributed by atoms with E-state index in [1.807, 2.05) is 0 Å². The van der Waals surface area contributed by atoms with Gasteiger partial charge in [0, 0.05) is 38.8 Å². The van der Waals surface area contributed by atoms with E-state index < -0.39 is 9.84 Å². The van der Waals surface area contributed by atoms with E-state index in [1.165, 1.54) is 0 Å². The van der Waals surface area contributed by atoms with Gasteiger partial charge in [-0.1, -0.05) is 13.8 Å². The Morgan fingerprint density at radius 2 is 2.20 bits per heavy atom. The number of sulfone groups is 1. The van der Waals surface area contributed by atoms with Gasteiger partial charge in [0.1, 0.15) is 0 Å². The fraction of sp³-hybridized carbons (Fsp3) is 0.923. The van der Waals surface area contributed by atoms with Gasteiger partial charge in [-0.15, -0.1) is 0 Å². The number of rotatable bonds is 8. The highest BCUT2D eigenvalue weighted by Gasteiger charge is 2.25. The molecule has 1 aliphatic heterocycles. The molecule has 1 unspecified atom stereocenters. The summed E-state index contributed by atoms with van der Waals surface area (Å²) in [5.74, 6) is 0.628. The summed E-state index contributed by atoms with van der Waals surface area (Å²) in [7, 11) is -2.98. The summed E-state index contributed by atoms with van der Waals surface area (Å²) in [6, 6.07) is -0.258. The Morgan fingerprint density at radius 3 is 2.85 bits per heavy atom. The Balaban J connectivity index is 2.08. The summed E-state index contributed by atoms with van der Waals surface area (Å²) in [4.78, 5) is 11.7. The smallest absolute Gasteiger partial charge is 0.221 e. The lowest BCUT2D eigenvalue weighted by Gasteiger charge is -2.23. The number of carbonyl (C=O) groups is 1. The molecule has 0 saturated carbocycles. The molecule has 0 aromatic rings. The molecular weight excluding hydrogens is 280 g/mol. The SMILES string of the molecule is CC(C)COCCCNC(=O)CC1CS(=O)(=O)CCN1. The molecule has 1 saturated heterocycles. The van der Waals surface area contributed by atoms with Gasteiger partial charge in [-0.2, -0.15) is 0 Å². The first kappa shape index (κ1) is 17.4. The van der Waals surface area contributed by atoms with Gasteiger partial charge < -0.3 is 15.4 Å². The third-order valence-corrected chi connectivity index (χ3v) is 4.71. The van der Waals surface area contributed by atoms with Gasteiger partial charge in [-0.25, -0.2) is 8.42 Å². The molecule has 0 aliphatic carbocycles. The second-order valence-electron chi connectivity index (χ2n) is 5.64. The molecule has 0 aromatic heterocycles. The molecule has 1 fully saturated rings. The fourth-order valence-corrected chi connectivity index (χ4v) is 3.46. The third-order valence-electron chi connectivity index (χ3n) is 2.97. The first-order valence-corrected chi connectivity index (χ1v) is 8.99. The van der Waals surface area contributed by atoms with E-state index in [2.05, 4.69) is 24.5 Å². The highest BCUT2D eigenvalue weighted by Crippen LogP contribution is 2.04. The van der Waals surface area contributed by atoms with Crippen molar-refractivity contribution in [1.82, 2.24) is 10.6 Å². The van der Waals surface area contributed by atoms with Crippen LogP contribution in [0.5, 0.6) is 0 Å². The highest BCUT2D eigenvalue weighted by atomic mass is 32.2. The number of carbonyl (C=O) groups excluding carboxylic acids is 1.